The van der Waals surface area contributed by atoms with E-state index < -0.39 is 18.1 Å². The standard InChI is InChI=1S/C54H91NO7/c1-6-8-10-12-14-16-18-20-22-23-24-25-26-27-28-29-31-32-34-36-38-40-42-44-52(56)61-49-50(48-60-47-46-51(54(58)59)55(3,4)5)62-53(57)45-43-41-39-37-35-33-30-21-19-17-15-13-11-9-7-2/h8,10,14,16,20,22,24-25,27-28,31-32,36,38,50-51H,6-7,9,11-13,15,17-19,21,23,26,29-30,33-35,37,39-49H2,1-5H3/b10-8+,16-14+,22-20+,25-24+,28-27+,32-31+,38-36+. The van der Waals surface area contributed by atoms with Gasteiger partial charge in [0.1, 0.15) is 12.6 Å². The number of quaternary nitrogens is 1. The van der Waals surface area contributed by atoms with Gasteiger partial charge < -0.3 is 28.6 Å². The minimum absolute atomic E-state index is 0.0200. The molecule has 0 radical (unpaired) electrons. The predicted octanol–water partition coefficient (Wildman–Crippen LogP) is 12.7. The third-order valence-electron chi connectivity index (χ3n) is 10.5. The number of carbonyl (C=O) groups is 3. The average Bonchev–Trinajstić information content (AvgIpc) is 3.23. The molecule has 0 rings (SSSR count). The molecule has 2 atom stereocenters. The van der Waals surface area contributed by atoms with E-state index in [0.717, 1.165) is 70.6 Å². The van der Waals surface area contributed by atoms with Crippen LogP contribution in [0.25, 0.3) is 0 Å². The van der Waals surface area contributed by atoms with E-state index in [1.165, 1.54) is 77.0 Å². The van der Waals surface area contributed by atoms with E-state index >= 15 is 0 Å². The summed E-state index contributed by atoms with van der Waals surface area (Å²) in [5, 5.41) is 11.6. The third kappa shape index (κ3) is 41.8. The molecular weight excluding hydrogens is 775 g/mol. The molecule has 0 N–H and O–H groups in total. The maximum Gasteiger partial charge on any atom is 0.306 e. The first kappa shape index (κ1) is 58.5. The van der Waals surface area contributed by atoms with Gasteiger partial charge in [-0.05, 0) is 64.2 Å². The molecular formula is C54H91NO7. The second-order valence-corrected chi connectivity index (χ2v) is 17.3. The van der Waals surface area contributed by atoms with Crippen molar-refractivity contribution in [1.82, 2.24) is 0 Å². The van der Waals surface area contributed by atoms with Crippen LogP contribution in [0.15, 0.2) is 85.1 Å². The predicted molar refractivity (Wildman–Crippen MR) is 258 cm³/mol. The lowest BCUT2D eigenvalue weighted by atomic mass is 10.0. The van der Waals surface area contributed by atoms with E-state index in [0.29, 0.717) is 12.8 Å². The van der Waals surface area contributed by atoms with E-state index in [4.69, 9.17) is 14.2 Å². The molecule has 354 valence electrons. The van der Waals surface area contributed by atoms with Crippen LogP contribution < -0.4 is 5.11 Å². The van der Waals surface area contributed by atoms with Gasteiger partial charge in [-0.3, -0.25) is 9.59 Å². The highest BCUT2D eigenvalue weighted by Crippen LogP contribution is 2.15. The molecule has 8 heteroatoms. The second-order valence-electron chi connectivity index (χ2n) is 17.3. The Bertz CT molecular complexity index is 1290. The fourth-order valence-corrected chi connectivity index (χ4v) is 6.77. The van der Waals surface area contributed by atoms with E-state index in [-0.39, 0.29) is 49.1 Å². The van der Waals surface area contributed by atoms with Gasteiger partial charge in [0.15, 0.2) is 6.10 Å². The van der Waals surface area contributed by atoms with Gasteiger partial charge in [-0.25, -0.2) is 0 Å². The van der Waals surface area contributed by atoms with Gasteiger partial charge >= 0.3 is 11.9 Å². The second kappa shape index (κ2) is 44.1. The number of carboxylic acids is 1. The van der Waals surface area contributed by atoms with Crippen LogP contribution in [0, 0.1) is 0 Å². The normalized spacial score (nSPS) is 13.6. The Kier molecular flexibility index (Phi) is 41.6. The van der Waals surface area contributed by atoms with E-state index in [1.54, 1.807) is 21.1 Å². The van der Waals surface area contributed by atoms with E-state index in [2.05, 4.69) is 98.9 Å². The lowest BCUT2D eigenvalue weighted by Gasteiger charge is -2.34. The van der Waals surface area contributed by atoms with Crippen LogP contribution in [-0.2, 0) is 28.6 Å². The zero-order valence-electron chi connectivity index (χ0n) is 40.3. The van der Waals surface area contributed by atoms with Crippen molar-refractivity contribution in [2.75, 3.05) is 41.0 Å². The number of aliphatic carboxylic acids is 1. The summed E-state index contributed by atoms with van der Waals surface area (Å²) < 4.78 is 17.2. The number of hydrogen-bond donors (Lipinski definition) is 0. The molecule has 2 unspecified atom stereocenters. The summed E-state index contributed by atoms with van der Waals surface area (Å²) in [7, 11) is 5.39. The molecule has 0 aliphatic carbocycles. The number of esters is 2. The van der Waals surface area contributed by atoms with Gasteiger partial charge in [0.05, 0.1) is 40.3 Å². The van der Waals surface area contributed by atoms with Gasteiger partial charge in [-0.2, -0.15) is 0 Å². The third-order valence-corrected chi connectivity index (χ3v) is 10.5. The molecule has 0 saturated carbocycles. The summed E-state index contributed by atoms with van der Waals surface area (Å²) >= 11 is 0. The van der Waals surface area contributed by atoms with Gasteiger partial charge in [0.25, 0.3) is 0 Å². The highest BCUT2D eigenvalue weighted by molar-refractivity contribution is 5.70. The number of allylic oxidation sites excluding steroid dienone is 14. The van der Waals surface area contributed by atoms with Crippen molar-refractivity contribution in [2.24, 2.45) is 0 Å². The lowest BCUT2D eigenvalue weighted by molar-refractivity contribution is -0.889. The number of hydrogen-bond acceptors (Lipinski definition) is 7. The smallest absolute Gasteiger partial charge is 0.306 e. The number of rotatable bonds is 43. The SMILES string of the molecule is CC/C=C/C/C=C/C/C=C/C/C=C/C/C=C/C/C=C/C/C=C/CCCC(=O)OCC(COCCC(C(=O)[O-])[N+](C)(C)C)OC(=O)CCCCCCCCCCCCCCCCC. The number of likely N-dealkylation sites (N-methyl/N-ethyl adjacent to an activating group) is 1. The van der Waals surface area contributed by atoms with Crippen molar-refractivity contribution in [3.63, 3.8) is 0 Å². The van der Waals surface area contributed by atoms with Crippen molar-refractivity contribution in [1.29, 1.82) is 0 Å². The van der Waals surface area contributed by atoms with E-state index in [1.807, 2.05) is 0 Å². The van der Waals surface area contributed by atoms with Crippen molar-refractivity contribution in [2.45, 2.75) is 199 Å². The van der Waals surface area contributed by atoms with Crippen molar-refractivity contribution in [3.05, 3.63) is 85.1 Å². The van der Waals surface area contributed by atoms with Crippen molar-refractivity contribution < 1.29 is 38.2 Å². The molecule has 0 heterocycles. The Hall–Kier alpha value is -3.49. The Labute approximate surface area is 380 Å². The van der Waals surface area contributed by atoms with Gasteiger partial charge in [0.2, 0.25) is 0 Å². The summed E-state index contributed by atoms with van der Waals surface area (Å²) in [6.45, 7) is 4.49. The minimum atomic E-state index is -1.13. The summed E-state index contributed by atoms with van der Waals surface area (Å²) in [4.78, 5) is 36.9. The van der Waals surface area contributed by atoms with Crippen LogP contribution in [0.2, 0.25) is 0 Å². The number of carboxylic acid groups (broad SMARTS) is 1. The zero-order valence-corrected chi connectivity index (χ0v) is 40.3. The van der Waals surface area contributed by atoms with E-state index in [9.17, 15) is 19.5 Å². The Morgan fingerprint density at radius 1 is 0.500 bits per heavy atom. The summed E-state index contributed by atoms with van der Waals surface area (Å²) in [6, 6.07) is -0.737. The van der Waals surface area contributed by atoms with Crippen molar-refractivity contribution in [3.8, 4) is 0 Å². The first-order valence-electron chi connectivity index (χ1n) is 24.6. The lowest BCUT2D eigenvalue weighted by Crippen LogP contribution is -2.55. The summed E-state index contributed by atoms with van der Waals surface area (Å²) in [5.74, 6) is -1.81. The molecule has 0 spiro atoms. The van der Waals surface area contributed by atoms with Crippen LogP contribution in [0.4, 0.5) is 0 Å². The monoisotopic (exact) mass is 866 g/mol. The van der Waals surface area contributed by atoms with Crippen LogP contribution in [0.3, 0.4) is 0 Å². The number of nitrogens with zero attached hydrogens (tertiary/aromatic N) is 1. The molecule has 0 aromatic carbocycles. The highest BCUT2D eigenvalue weighted by atomic mass is 16.6. The number of unbranched alkanes of at least 4 members (excludes halogenated alkanes) is 15. The topological polar surface area (TPSA) is 102 Å². The summed E-state index contributed by atoms with van der Waals surface area (Å²) in [5.41, 5.74) is 0. The van der Waals surface area contributed by atoms with Crippen LogP contribution in [0.1, 0.15) is 187 Å². The maximum absolute atomic E-state index is 12.7. The zero-order chi connectivity index (χ0) is 45.6. The van der Waals surface area contributed by atoms with Gasteiger partial charge in [0, 0.05) is 19.3 Å². The largest absolute Gasteiger partial charge is 0.544 e. The first-order valence-corrected chi connectivity index (χ1v) is 24.6. The average molecular weight is 866 g/mol. The molecule has 0 aromatic rings. The van der Waals surface area contributed by atoms with Gasteiger partial charge in [-0.15, -0.1) is 0 Å². The molecule has 0 aliphatic heterocycles. The molecule has 0 fully saturated rings. The number of carbonyl (C=O) groups excluding carboxylic acids is 3. The first-order chi connectivity index (χ1) is 30.1. The fraction of sp³-hybridized carbons (Fsp3) is 0.685. The molecule has 0 aliphatic rings. The quantitative estimate of drug-likeness (QED) is 0.0260. The molecule has 0 aromatic heterocycles. The molecule has 62 heavy (non-hydrogen) atoms. The van der Waals surface area contributed by atoms with Crippen LogP contribution in [0.5, 0.6) is 0 Å². The number of ether oxygens (including phenoxy) is 3. The molecule has 0 bridgehead atoms. The Morgan fingerprint density at radius 3 is 1.32 bits per heavy atom. The van der Waals surface area contributed by atoms with Crippen molar-refractivity contribution >= 4 is 17.9 Å². The summed E-state index contributed by atoms with van der Waals surface area (Å²) in [6.07, 6.45) is 57.6. The van der Waals surface area contributed by atoms with Crippen LogP contribution >= 0.6 is 0 Å². The van der Waals surface area contributed by atoms with Crippen LogP contribution in [-0.4, -0.2) is 75.5 Å². The van der Waals surface area contributed by atoms with Gasteiger partial charge in [-0.1, -0.05) is 189 Å². The highest BCUT2D eigenvalue weighted by Gasteiger charge is 2.25. The fourth-order valence-electron chi connectivity index (χ4n) is 6.77. The maximum atomic E-state index is 12.7. The molecule has 8 nitrogen and oxygen atoms in total. The molecule has 0 saturated heterocycles. The Morgan fingerprint density at radius 2 is 0.903 bits per heavy atom. The molecule has 0 amide bonds. The minimum Gasteiger partial charge on any atom is -0.544 e. The Balaban J connectivity index is 4.38.